The monoisotopic (exact) mass is 374 g/mol. The highest BCUT2D eigenvalue weighted by molar-refractivity contribution is 6.26. The predicted octanol–water partition coefficient (Wildman–Crippen LogP) is 3.60. The van der Waals surface area contributed by atoms with E-state index in [1.165, 1.54) is 4.90 Å². The van der Waals surface area contributed by atoms with Crippen molar-refractivity contribution in [3.63, 3.8) is 0 Å². The van der Waals surface area contributed by atoms with Crippen LogP contribution < -0.4 is 19.7 Å². The highest BCUT2D eigenvalue weighted by atomic mass is 16.5. The number of nitrogens with zero attached hydrogens (tertiary/aromatic N) is 1. The highest BCUT2D eigenvalue weighted by Crippen LogP contribution is 2.37. The van der Waals surface area contributed by atoms with Gasteiger partial charge in [-0.1, -0.05) is 24.3 Å². The lowest BCUT2D eigenvalue weighted by Crippen LogP contribution is -2.35. The molecule has 0 saturated heterocycles. The van der Waals surface area contributed by atoms with Gasteiger partial charge in [0.2, 0.25) is 5.91 Å². The summed E-state index contributed by atoms with van der Waals surface area (Å²) in [5.41, 5.74) is 2.01. The van der Waals surface area contributed by atoms with Crippen LogP contribution in [0.5, 0.6) is 11.5 Å². The molecule has 0 saturated carbocycles. The molecule has 2 aliphatic heterocycles. The van der Waals surface area contributed by atoms with Gasteiger partial charge in [-0.25, -0.2) is 0 Å². The Morgan fingerprint density at radius 3 is 2.64 bits per heavy atom. The van der Waals surface area contributed by atoms with E-state index in [1.807, 2.05) is 30.3 Å². The summed E-state index contributed by atoms with van der Waals surface area (Å²) < 4.78 is 11.3. The van der Waals surface area contributed by atoms with Gasteiger partial charge in [0.15, 0.2) is 11.5 Å². The van der Waals surface area contributed by atoms with E-state index >= 15 is 0 Å². The minimum Gasteiger partial charge on any atom is -0.490 e. The van der Waals surface area contributed by atoms with Crippen molar-refractivity contribution in [1.29, 1.82) is 0 Å². The third kappa shape index (κ3) is 2.74. The molecule has 0 aliphatic carbocycles. The summed E-state index contributed by atoms with van der Waals surface area (Å²) in [5, 5.41) is 4.75. The molecule has 2 amide bonds. The number of ether oxygens (including phenoxy) is 2. The van der Waals surface area contributed by atoms with Crippen molar-refractivity contribution in [3.8, 4) is 11.5 Å². The second-order valence-corrected chi connectivity index (χ2v) is 6.83. The number of carbonyl (C=O) groups is 2. The van der Waals surface area contributed by atoms with Gasteiger partial charge in [-0.3, -0.25) is 14.5 Å². The number of anilines is 2. The number of nitrogens with one attached hydrogen (secondary N) is 1. The molecule has 0 fully saturated rings. The summed E-state index contributed by atoms with van der Waals surface area (Å²) >= 11 is 0. The van der Waals surface area contributed by atoms with E-state index in [4.69, 9.17) is 9.47 Å². The lowest BCUT2D eigenvalue weighted by atomic mass is 10.1. The van der Waals surface area contributed by atoms with Gasteiger partial charge in [0.05, 0.1) is 18.9 Å². The number of hydrogen-bond donors (Lipinski definition) is 1. The standard InChI is InChI=1S/C22H18N2O4/c25-20(23-15-8-9-18-19(12-15)28-11-3-10-27-18)13-24-17-7-2-5-14-4-1-6-16(21(14)17)22(24)26/h1-2,4-9,12H,3,10-11,13H2,(H,23,25). The molecule has 0 aromatic heterocycles. The Morgan fingerprint density at radius 2 is 1.79 bits per heavy atom. The molecule has 28 heavy (non-hydrogen) atoms. The molecular weight excluding hydrogens is 356 g/mol. The lowest BCUT2D eigenvalue weighted by molar-refractivity contribution is -0.114. The number of amides is 2. The van der Waals surface area contributed by atoms with Crippen molar-refractivity contribution in [1.82, 2.24) is 0 Å². The van der Waals surface area contributed by atoms with E-state index in [-0.39, 0.29) is 18.4 Å². The van der Waals surface area contributed by atoms with Crippen LogP contribution in [0.15, 0.2) is 54.6 Å². The Bertz CT molecular complexity index is 1100. The smallest absolute Gasteiger partial charge is 0.259 e. The van der Waals surface area contributed by atoms with Crippen LogP contribution in [0.25, 0.3) is 10.8 Å². The van der Waals surface area contributed by atoms with E-state index in [1.54, 1.807) is 24.3 Å². The van der Waals surface area contributed by atoms with Crippen molar-refractivity contribution < 1.29 is 19.1 Å². The Balaban J connectivity index is 1.36. The fourth-order valence-corrected chi connectivity index (χ4v) is 3.72. The summed E-state index contributed by atoms with van der Waals surface area (Å²) in [4.78, 5) is 27.0. The molecule has 3 aromatic rings. The van der Waals surface area contributed by atoms with Crippen LogP contribution in [0.2, 0.25) is 0 Å². The van der Waals surface area contributed by atoms with Gasteiger partial charge < -0.3 is 14.8 Å². The first-order valence-electron chi connectivity index (χ1n) is 9.24. The van der Waals surface area contributed by atoms with Gasteiger partial charge in [-0.05, 0) is 29.7 Å². The van der Waals surface area contributed by atoms with Crippen LogP contribution in [-0.4, -0.2) is 31.6 Å². The fraction of sp³-hybridized carbons (Fsp3) is 0.182. The average Bonchev–Trinajstić information content (AvgIpc) is 2.87. The lowest BCUT2D eigenvalue weighted by Gasteiger charge is -2.17. The zero-order valence-electron chi connectivity index (χ0n) is 15.1. The molecule has 3 aromatic carbocycles. The SMILES string of the molecule is O=C(CN1C(=O)c2cccc3cccc1c23)Nc1ccc2c(c1)OCCCO2. The van der Waals surface area contributed by atoms with Gasteiger partial charge in [-0.15, -0.1) is 0 Å². The maximum atomic E-state index is 12.8. The van der Waals surface area contributed by atoms with Crippen LogP contribution in [0.4, 0.5) is 11.4 Å². The fourth-order valence-electron chi connectivity index (χ4n) is 3.72. The molecule has 5 rings (SSSR count). The molecule has 6 heteroatoms. The molecule has 140 valence electrons. The van der Waals surface area contributed by atoms with Gasteiger partial charge in [0, 0.05) is 29.1 Å². The third-order valence-electron chi connectivity index (χ3n) is 4.98. The topological polar surface area (TPSA) is 67.9 Å². The van der Waals surface area contributed by atoms with Crippen LogP contribution in [0.3, 0.4) is 0 Å². The molecule has 6 nitrogen and oxygen atoms in total. The number of fused-ring (bicyclic) bond motifs is 1. The third-order valence-corrected chi connectivity index (χ3v) is 4.98. The minimum atomic E-state index is -0.271. The zero-order valence-corrected chi connectivity index (χ0v) is 15.1. The van der Waals surface area contributed by atoms with Crippen LogP contribution >= 0.6 is 0 Å². The summed E-state index contributed by atoms with van der Waals surface area (Å²) in [7, 11) is 0. The van der Waals surface area contributed by atoms with E-state index in [2.05, 4.69) is 5.32 Å². The van der Waals surface area contributed by atoms with Crippen molar-refractivity contribution >= 4 is 34.0 Å². The van der Waals surface area contributed by atoms with E-state index in [0.29, 0.717) is 36.0 Å². The number of rotatable bonds is 3. The Morgan fingerprint density at radius 1 is 1.00 bits per heavy atom. The van der Waals surface area contributed by atoms with Crippen LogP contribution in [-0.2, 0) is 4.79 Å². The highest BCUT2D eigenvalue weighted by Gasteiger charge is 2.30. The molecule has 0 unspecified atom stereocenters. The zero-order chi connectivity index (χ0) is 19.1. The van der Waals surface area contributed by atoms with Gasteiger partial charge in [-0.2, -0.15) is 0 Å². The second kappa shape index (κ2) is 6.56. The second-order valence-electron chi connectivity index (χ2n) is 6.83. The molecule has 2 heterocycles. The minimum absolute atomic E-state index is 0.0545. The molecule has 2 aliphatic rings. The summed E-state index contributed by atoms with van der Waals surface area (Å²) in [6, 6.07) is 16.7. The maximum Gasteiger partial charge on any atom is 0.259 e. The van der Waals surface area contributed by atoms with Gasteiger partial charge in [0.25, 0.3) is 5.91 Å². The van der Waals surface area contributed by atoms with Crippen LogP contribution in [0.1, 0.15) is 16.8 Å². The van der Waals surface area contributed by atoms with Crippen LogP contribution in [0, 0.1) is 0 Å². The predicted molar refractivity (Wildman–Crippen MR) is 106 cm³/mol. The average molecular weight is 374 g/mol. The van der Waals surface area contributed by atoms with Crippen molar-refractivity contribution in [2.45, 2.75) is 6.42 Å². The Kier molecular flexibility index (Phi) is 3.90. The summed E-state index contributed by atoms with van der Waals surface area (Å²) in [6.45, 7) is 1.14. The van der Waals surface area contributed by atoms with E-state index in [9.17, 15) is 9.59 Å². The van der Waals surface area contributed by atoms with Gasteiger partial charge >= 0.3 is 0 Å². The van der Waals surface area contributed by atoms with Crippen molar-refractivity contribution in [2.24, 2.45) is 0 Å². The first kappa shape index (κ1) is 16.6. The van der Waals surface area contributed by atoms with E-state index in [0.717, 1.165) is 22.9 Å². The van der Waals surface area contributed by atoms with Gasteiger partial charge in [0.1, 0.15) is 6.54 Å². The number of hydrogen-bond acceptors (Lipinski definition) is 4. The van der Waals surface area contributed by atoms with Crippen molar-refractivity contribution in [3.05, 3.63) is 60.2 Å². The Labute approximate surface area is 161 Å². The molecular formula is C22H18N2O4. The number of benzene rings is 3. The molecule has 0 spiro atoms. The number of carbonyl (C=O) groups excluding carboxylic acids is 2. The first-order chi connectivity index (χ1) is 13.7. The maximum absolute atomic E-state index is 12.8. The summed E-state index contributed by atoms with van der Waals surface area (Å²) in [6.07, 6.45) is 0.819. The summed E-state index contributed by atoms with van der Waals surface area (Å²) in [5.74, 6) is 0.866. The Hall–Kier alpha value is -3.54. The first-order valence-corrected chi connectivity index (χ1v) is 9.24. The molecule has 0 radical (unpaired) electrons. The van der Waals surface area contributed by atoms with Crippen molar-refractivity contribution in [2.75, 3.05) is 30.0 Å². The molecule has 1 N–H and O–H groups in total. The van der Waals surface area contributed by atoms with E-state index < -0.39 is 0 Å². The quantitative estimate of drug-likeness (QED) is 0.761. The normalized spacial score (nSPS) is 14.9. The molecule has 0 atom stereocenters. The largest absolute Gasteiger partial charge is 0.490 e. The molecule has 0 bridgehead atoms.